The summed E-state index contributed by atoms with van der Waals surface area (Å²) in [6, 6.07) is 7.63. The Morgan fingerprint density at radius 3 is 2.73 bits per heavy atom. The molecular formula is C16H22O5S. The monoisotopic (exact) mass is 326 g/mol. The lowest BCUT2D eigenvalue weighted by Crippen LogP contribution is -2.49. The molecule has 2 rings (SSSR count). The van der Waals surface area contributed by atoms with E-state index < -0.39 is 18.3 Å². The third kappa shape index (κ3) is 4.72. The molecule has 1 heterocycles. The number of aliphatic hydroxyl groups is 2. The maximum absolute atomic E-state index is 10.00. The van der Waals surface area contributed by atoms with Crippen LogP contribution in [0.15, 0.2) is 41.8 Å². The molecule has 0 aromatic heterocycles. The van der Waals surface area contributed by atoms with Crippen molar-refractivity contribution in [1.29, 1.82) is 0 Å². The second-order valence-corrected chi connectivity index (χ2v) is 6.25. The Labute approximate surface area is 134 Å². The minimum atomic E-state index is -0.933. The average molecular weight is 326 g/mol. The van der Waals surface area contributed by atoms with Crippen LogP contribution in [0.25, 0.3) is 0 Å². The van der Waals surface area contributed by atoms with Gasteiger partial charge in [-0.15, -0.1) is 6.58 Å². The van der Waals surface area contributed by atoms with E-state index in [0.29, 0.717) is 13.0 Å². The van der Waals surface area contributed by atoms with Gasteiger partial charge in [-0.25, -0.2) is 0 Å². The number of aliphatic hydroxyl groups excluding tert-OH is 2. The molecule has 0 radical (unpaired) electrons. The van der Waals surface area contributed by atoms with Gasteiger partial charge >= 0.3 is 0 Å². The molecule has 0 bridgehead atoms. The average Bonchev–Trinajstić information content (AvgIpc) is 2.53. The van der Waals surface area contributed by atoms with Crippen LogP contribution in [0.1, 0.15) is 6.42 Å². The zero-order valence-corrected chi connectivity index (χ0v) is 13.4. The molecule has 0 unspecified atom stereocenters. The SMILES string of the molecule is C=CCOC[C@H]1O[C@H](Sc2ccc(OC)cc2)C[C@@H](O)[C@@H]1O. The van der Waals surface area contributed by atoms with Crippen LogP contribution in [0.4, 0.5) is 0 Å². The number of methoxy groups -OCH3 is 1. The number of hydrogen-bond donors (Lipinski definition) is 2. The molecule has 122 valence electrons. The summed E-state index contributed by atoms with van der Waals surface area (Å²) in [5.74, 6) is 0.792. The van der Waals surface area contributed by atoms with Crippen molar-refractivity contribution in [3.05, 3.63) is 36.9 Å². The lowest BCUT2D eigenvalue weighted by molar-refractivity contribution is -0.162. The smallest absolute Gasteiger partial charge is 0.118 e. The summed E-state index contributed by atoms with van der Waals surface area (Å²) in [4.78, 5) is 1.01. The van der Waals surface area contributed by atoms with Crippen molar-refractivity contribution in [1.82, 2.24) is 0 Å². The molecule has 0 aliphatic carbocycles. The molecule has 0 saturated carbocycles. The van der Waals surface area contributed by atoms with E-state index >= 15 is 0 Å². The van der Waals surface area contributed by atoms with Crippen LogP contribution in [0, 0.1) is 0 Å². The van der Waals surface area contributed by atoms with Gasteiger partial charge in [0.15, 0.2) is 0 Å². The third-order valence-electron chi connectivity index (χ3n) is 3.38. The van der Waals surface area contributed by atoms with Crippen LogP contribution in [-0.2, 0) is 9.47 Å². The van der Waals surface area contributed by atoms with Gasteiger partial charge in [-0.05, 0) is 24.3 Å². The number of benzene rings is 1. The first kappa shape index (κ1) is 17.3. The standard InChI is InChI=1S/C16H22O5S/c1-3-8-20-10-14-16(18)13(17)9-15(21-14)22-12-6-4-11(19-2)5-7-12/h3-7,13-18H,1,8-10H2,2H3/t13-,14-,15-,16+/m1/s1. The molecule has 1 fully saturated rings. The van der Waals surface area contributed by atoms with E-state index in [1.807, 2.05) is 24.3 Å². The van der Waals surface area contributed by atoms with Gasteiger partial charge in [0.2, 0.25) is 0 Å². The number of ether oxygens (including phenoxy) is 3. The zero-order valence-electron chi connectivity index (χ0n) is 12.6. The Hall–Kier alpha value is -1.05. The van der Waals surface area contributed by atoms with Crippen LogP contribution in [0.5, 0.6) is 5.75 Å². The summed E-state index contributed by atoms with van der Waals surface area (Å²) in [6.45, 7) is 4.18. The van der Waals surface area contributed by atoms with Gasteiger partial charge in [-0.3, -0.25) is 0 Å². The highest BCUT2D eigenvalue weighted by molar-refractivity contribution is 7.99. The quantitative estimate of drug-likeness (QED) is 0.588. The minimum absolute atomic E-state index is 0.226. The molecule has 22 heavy (non-hydrogen) atoms. The Kier molecular flexibility index (Phi) is 6.72. The van der Waals surface area contributed by atoms with Crippen molar-refractivity contribution in [2.24, 2.45) is 0 Å². The van der Waals surface area contributed by atoms with Crippen LogP contribution < -0.4 is 4.74 Å². The number of thioether (sulfide) groups is 1. The molecule has 6 heteroatoms. The van der Waals surface area contributed by atoms with Gasteiger partial charge in [0.1, 0.15) is 23.4 Å². The second-order valence-electron chi connectivity index (χ2n) is 5.02. The molecular weight excluding hydrogens is 304 g/mol. The third-order valence-corrected chi connectivity index (χ3v) is 4.49. The first-order valence-corrected chi connectivity index (χ1v) is 8.03. The number of hydrogen-bond acceptors (Lipinski definition) is 6. The van der Waals surface area contributed by atoms with Gasteiger partial charge in [-0.1, -0.05) is 17.8 Å². The maximum Gasteiger partial charge on any atom is 0.118 e. The fraction of sp³-hybridized carbons (Fsp3) is 0.500. The fourth-order valence-electron chi connectivity index (χ4n) is 2.20. The normalized spacial score (nSPS) is 28.3. The molecule has 1 aromatic carbocycles. The van der Waals surface area contributed by atoms with Crippen LogP contribution in [0.3, 0.4) is 0 Å². The summed E-state index contributed by atoms with van der Waals surface area (Å²) in [6.07, 6.45) is -0.288. The summed E-state index contributed by atoms with van der Waals surface area (Å²) >= 11 is 1.51. The van der Waals surface area contributed by atoms with Crippen molar-refractivity contribution >= 4 is 11.8 Å². The Morgan fingerprint density at radius 2 is 2.09 bits per heavy atom. The van der Waals surface area contributed by atoms with Crippen LogP contribution in [-0.4, -0.2) is 54.3 Å². The molecule has 1 aliphatic heterocycles. The highest BCUT2D eigenvalue weighted by atomic mass is 32.2. The molecule has 2 N–H and O–H groups in total. The Balaban J connectivity index is 1.93. The van der Waals surface area contributed by atoms with Crippen molar-refractivity contribution in [2.75, 3.05) is 20.3 Å². The summed E-state index contributed by atoms with van der Waals surface area (Å²) < 4.78 is 16.3. The largest absolute Gasteiger partial charge is 0.497 e. The van der Waals surface area contributed by atoms with Crippen molar-refractivity contribution in [2.45, 2.75) is 35.1 Å². The first-order valence-electron chi connectivity index (χ1n) is 7.15. The van der Waals surface area contributed by atoms with E-state index in [1.165, 1.54) is 11.8 Å². The van der Waals surface area contributed by atoms with E-state index in [-0.39, 0.29) is 12.0 Å². The predicted molar refractivity (Wildman–Crippen MR) is 85.2 cm³/mol. The molecule has 5 nitrogen and oxygen atoms in total. The van der Waals surface area contributed by atoms with E-state index in [4.69, 9.17) is 14.2 Å². The second kappa shape index (κ2) is 8.55. The molecule has 0 amide bonds. The molecule has 1 saturated heterocycles. The highest BCUT2D eigenvalue weighted by Crippen LogP contribution is 2.33. The summed E-state index contributed by atoms with van der Waals surface area (Å²) in [5.41, 5.74) is -0.232. The van der Waals surface area contributed by atoms with Gasteiger partial charge in [0.05, 0.1) is 26.4 Å². The van der Waals surface area contributed by atoms with Gasteiger partial charge in [0.25, 0.3) is 0 Å². The van der Waals surface area contributed by atoms with Crippen molar-refractivity contribution in [3.63, 3.8) is 0 Å². The predicted octanol–water partition coefficient (Wildman–Crippen LogP) is 1.83. The lowest BCUT2D eigenvalue weighted by atomic mass is 10.0. The molecule has 1 aromatic rings. The van der Waals surface area contributed by atoms with Crippen molar-refractivity contribution < 1.29 is 24.4 Å². The Bertz CT molecular complexity index is 464. The fourth-order valence-corrected chi connectivity index (χ4v) is 3.29. The zero-order chi connectivity index (χ0) is 15.9. The lowest BCUT2D eigenvalue weighted by Gasteiger charge is -2.36. The van der Waals surface area contributed by atoms with E-state index in [0.717, 1.165) is 10.6 Å². The van der Waals surface area contributed by atoms with E-state index in [1.54, 1.807) is 13.2 Å². The van der Waals surface area contributed by atoms with E-state index in [9.17, 15) is 10.2 Å². The Morgan fingerprint density at radius 1 is 1.36 bits per heavy atom. The molecule has 0 spiro atoms. The van der Waals surface area contributed by atoms with Crippen LogP contribution >= 0.6 is 11.8 Å². The van der Waals surface area contributed by atoms with Crippen LogP contribution in [0.2, 0.25) is 0 Å². The first-order chi connectivity index (χ1) is 10.6. The van der Waals surface area contributed by atoms with E-state index in [2.05, 4.69) is 6.58 Å². The highest BCUT2D eigenvalue weighted by Gasteiger charge is 2.37. The molecule has 1 aliphatic rings. The summed E-state index contributed by atoms with van der Waals surface area (Å²) in [7, 11) is 1.62. The summed E-state index contributed by atoms with van der Waals surface area (Å²) in [5, 5.41) is 20.0. The van der Waals surface area contributed by atoms with Gasteiger partial charge in [-0.2, -0.15) is 0 Å². The minimum Gasteiger partial charge on any atom is -0.497 e. The maximum atomic E-state index is 10.00. The van der Waals surface area contributed by atoms with Gasteiger partial charge < -0.3 is 24.4 Å². The van der Waals surface area contributed by atoms with Crippen molar-refractivity contribution in [3.8, 4) is 5.75 Å². The topological polar surface area (TPSA) is 68.2 Å². The van der Waals surface area contributed by atoms with Gasteiger partial charge in [0, 0.05) is 11.3 Å². The molecule has 4 atom stereocenters. The number of rotatable bonds is 7.